The van der Waals surface area contributed by atoms with E-state index in [2.05, 4.69) is 24.3 Å². The van der Waals surface area contributed by atoms with E-state index in [4.69, 9.17) is 4.74 Å². The quantitative estimate of drug-likeness (QED) is 0.872. The summed E-state index contributed by atoms with van der Waals surface area (Å²) in [5, 5.41) is 6.84. The first-order valence-electron chi connectivity index (χ1n) is 8.04. The van der Waals surface area contributed by atoms with Crippen molar-refractivity contribution in [3.63, 3.8) is 0 Å². The van der Waals surface area contributed by atoms with Crippen LogP contribution in [0.5, 0.6) is 5.88 Å². The molecule has 1 N–H and O–H groups in total. The minimum Gasteiger partial charge on any atom is -0.479 e. The van der Waals surface area contributed by atoms with Crippen molar-refractivity contribution in [3.8, 4) is 5.88 Å². The average Bonchev–Trinajstić information content (AvgIpc) is 2.95. The number of likely N-dealkylation sites (N-methyl/N-ethyl adjacent to an activating group) is 1. The van der Waals surface area contributed by atoms with Gasteiger partial charge in [-0.25, -0.2) is 0 Å². The number of nitrogens with zero attached hydrogens (tertiary/aromatic N) is 3. The molecule has 7 nitrogen and oxygen atoms in total. The van der Waals surface area contributed by atoms with E-state index in [9.17, 15) is 9.59 Å². The highest BCUT2D eigenvalue weighted by atomic mass is 16.5. The first kappa shape index (κ1) is 18.5. The molecule has 25 heavy (non-hydrogen) atoms. The predicted octanol–water partition coefficient (Wildman–Crippen LogP) is 2.26. The molecule has 1 heterocycles. The van der Waals surface area contributed by atoms with Crippen LogP contribution in [0.4, 0.5) is 5.69 Å². The number of amides is 2. The number of benzene rings is 1. The summed E-state index contributed by atoms with van der Waals surface area (Å²) in [4.78, 5) is 26.0. The fraction of sp³-hybridized carbons (Fsp3) is 0.389. The van der Waals surface area contributed by atoms with Gasteiger partial charge in [0.1, 0.15) is 5.56 Å². The molecule has 1 aromatic heterocycles. The maximum Gasteiger partial charge on any atom is 0.261 e. The molecule has 0 aliphatic heterocycles. The van der Waals surface area contributed by atoms with Crippen LogP contribution in [0.3, 0.4) is 0 Å². The third kappa shape index (κ3) is 4.59. The van der Waals surface area contributed by atoms with Crippen LogP contribution in [0.2, 0.25) is 0 Å². The second-order valence-corrected chi connectivity index (χ2v) is 6.21. The van der Waals surface area contributed by atoms with Gasteiger partial charge in [0.2, 0.25) is 11.8 Å². The molecule has 7 heteroatoms. The Morgan fingerprint density at radius 2 is 1.92 bits per heavy atom. The number of hydrogen-bond acceptors (Lipinski definition) is 4. The van der Waals surface area contributed by atoms with Crippen LogP contribution >= 0.6 is 0 Å². The van der Waals surface area contributed by atoms with Crippen molar-refractivity contribution >= 4 is 17.5 Å². The zero-order chi connectivity index (χ0) is 18.6. The van der Waals surface area contributed by atoms with E-state index >= 15 is 0 Å². The summed E-state index contributed by atoms with van der Waals surface area (Å²) in [5.41, 5.74) is 2.23. The number of aromatic nitrogens is 2. The molecule has 0 saturated heterocycles. The lowest BCUT2D eigenvalue weighted by molar-refractivity contribution is -0.116. The van der Waals surface area contributed by atoms with Gasteiger partial charge in [0, 0.05) is 26.0 Å². The van der Waals surface area contributed by atoms with E-state index in [0.29, 0.717) is 17.2 Å². The molecule has 134 valence electrons. The Balaban J connectivity index is 1.98. The molecule has 2 rings (SSSR count). The number of anilines is 1. The molecule has 2 amide bonds. The molecule has 0 fully saturated rings. The van der Waals surface area contributed by atoms with Gasteiger partial charge in [0.15, 0.2) is 0 Å². The number of carbonyl (C=O) groups is 2. The molecule has 2 aromatic rings. The third-order valence-corrected chi connectivity index (χ3v) is 3.81. The molecule has 0 unspecified atom stereocenters. The van der Waals surface area contributed by atoms with E-state index in [1.165, 1.54) is 22.3 Å². The summed E-state index contributed by atoms with van der Waals surface area (Å²) in [6.07, 6.45) is 1.57. The molecule has 0 radical (unpaired) electrons. The minimum absolute atomic E-state index is 0.0667. The van der Waals surface area contributed by atoms with E-state index in [0.717, 1.165) is 0 Å². The zero-order valence-corrected chi connectivity index (χ0v) is 15.2. The van der Waals surface area contributed by atoms with Crippen LogP contribution in [0.15, 0.2) is 30.5 Å². The van der Waals surface area contributed by atoms with Gasteiger partial charge in [-0.3, -0.25) is 14.3 Å². The van der Waals surface area contributed by atoms with Gasteiger partial charge < -0.3 is 15.0 Å². The van der Waals surface area contributed by atoms with Gasteiger partial charge in [0.05, 0.1) is 13.7 Å². The van der Waals surface area contributed by atoms with E-state index < -0.39 is 0 Å². The number of carbonyl (C=O) groups excluding carboxylic acids is 2. The summed E-state index contributed by atoms with van der Waals surface area (Å²) in [5.74, 6) is 0.0817. The van der Waals surface area contributed by atoms with Crippen LogP contribution in [0, 0.1) is 0 Å². The molecule has 0 saturated carbocycles. The maximum absolute atomic E-state index is 12.5. The topological polar surface area (TPSA) is 76.5 Å². The van der Waals surface area contributed by atoms with Gasteiger partial charge in [-0.15, -0.1) is 5.10 Å². The van der Waals surface area contributed by atoms with Crippen LogP contribution in [0.1, 0.15) is 35.7 Å². The lowest BCUT2D eigenvalue weighted by Gasteiger charge is -2.16. The lowest BCUT2D eigenvalue weighted by Crippen LogP contribution is -2.35. The first-order valence-corrected chi connectivity index (χ1v) is 8.04. The van der Waals surface area contributed by atoms with Crippen molar-refractivity contribution in [2.75, 3.05) is 26.0 Å². The van der Waals surface area contributed by atoms with Gasteiger partial charge >= 0.3 is 0 Å². The first-order chi connectivity index (χ1) is 11.8. The monoisotopic (exact) mass is 344 g/mol. The van der Waals surface area contributed by atoms with E-state index in [-0.39, 0.29) is 24.2 Å². The van der Waals surface area contributed by atoms with Crippen molar-refractivity contribution in [1.29, 1.82) is 0 Å². The Hall–Kier alpha value is -2.83. The van der Waals surface area contributed by atoms with Crippen molar-refractivity contribution in [2.45, 2.75) is 19.8 Å². The van der Waals surface area contributed by atoms with E-state index in [1.807, 2.05) is 24.3 Å². The highest BCUT2D eigenvalue weighted by Crippen LogP contribution is 2.18. The van der Waals surface area contributed by atoms with Crippen LogP contribution in [0.25, 0.3) is 0 Å². The molecule has 0 spiro atoms. The average molecular weight is 344 g/mol. The number of ether oxygens (including phenoxy) is 1. The number of nitrogens with one attached hydrogen (secondary N) is 1. The molecular weight excluding hydrogens is 320 g/mol. The molecule has 0 atom stereocenters. The number of hydrogen-bond donors (Lipinski definition) is 1. The number of rotatable bonds is 6. The van der Waals surface area contributed by atoms with Crippen molar-refractivity contribution in [3.05, 3.63) is 41.6 Å². The summed E-state index contributed by atoms with van der Waals surface area (Å²) < 4.78 is 6.58. The number of methoxy groups -OCH3 is 1. The van der Waals surface area contributed by atoms with Crippen molar-refractivity contribution < 1.29 is 14.3 Å². The molecule has 1 aromatic carbocycles. The maximum atomic E-state index is 12.5. The Morgan fingerprint density at radius 1 is 1.28 bits per heavy atom. The predicted molar refractivity (Wildman–Crippen MR) is 95.9 cm³/mol. The lowest BCUT2D eigenvalue weighted by atomic mass is 10.0. The third-order valence-electron chi connectivity index (χ3n) is 3.81. The van der Waals surface area contributed by atoms with Gasteiger partial charge in [-0.05, 0) is 23.6 Å². The molecule has 0 aliphatic rings. The van der Waals surface area contributed by atoms with Gasteiger partial charge in [0.25, 0.3) is 5.91 Å². The summed E-state index contributed by atoms with van der Waals surface area (Å²) in [7, 11) is 4.72. The minimum atomic E-state index is -0.324. The van der Waals surface area contributed by atoms with Crippen LogP contribution < -0.4 is 10.1 Å². The second-order valence-electron chi connectivity index (χ2n) is 6.21. The standard InChI is InChI=1S/C18H24N4O3/c1-12(2)13-6-8-14(9-7-13)19-16(23)11-21(3)18(24)15-10-22(4)20-17(15)25-5/h6-10,12H,11H2,1-5H3,(H,19,23). The summed E-state index contributed by atoms with van der Waals surface area (Å²) >= 11 is 0. The van der Waals surface area contributed by atoms with Gasteiger partial charge in [-0.1, -0.05) is 26.0 Å². The number of aryl methyl sites for hydroxylation is 1. The van der Waals surface area contributed by atoms with Crippen molar-refractivity contribution in [1.82, 2.24) is 14.7 Å². The summed E-state index contributed by atoms with van der Waals surface area (Å²) in [6, 6.07) is 7.68. The normalized spacial score (nSPS) is 10.6. The highest BCUT2D eigenvalue weighted by molar-refractivity contribution is 6.00. The Bertz CT molecular complexity index is 750. The van der Waals surface area contributed by atoms with E-state index in [1.54, 1.807) is 20.3 Å². The van der Waals surface area contributed by atoms with Crippen LogP contribution in [-0.2, 0) is 11.8 Å². The largest absolute Gasteiger partial charge is 0.479 e. The van der Waals surface area contributed by atoms with Crippen LogP contribution in [-0.4, -0.2) is 47.2 Å². The smallest absolute Gasteiger partial charge is 0.261 e. The molecule has 0 aliphatic carbocycles. The fourth-order valence-corrected chi connectivity index (χ4v) is 2.41. The Kier molecular flexibility index (Phi) is 5.80. The molecule has 0 bridgehead atoms. The SMILES string of the molecule is COc1nn(C)cc1C(=O)N(C)CC(=O)Nc1ccc(C(C)C)cc1. The zero-order valence-electron chi connectivity index (χ0n) is 15.2. The van der Waals surface area contributed by atoms with Crippen molar-refractivity contribution in [2.24, 2.45) is 7.05 Å². The summed E-state index contributed by atoms with van der Waals surface area (Å²) in [6.45, 7) is 4.16. The Morgan fingerprint density at radius 3 is 2.48 bits per heavy atom. The Labute approximate surface area is 147 Å². The second kappa shape index (κ2) is 7.83. The highest BCUT2D eigenvalue weighted by Gasteiger charge is 2.21. The van der Waals surface area contributed by atoms with Gasteiger partial charge in [-0.2, -0.15) is 0 Å². The fourth-order valence-electron chi connectivity index (χ4n) is 2.41. The molecular formula is C18H24N4O3.